The zero-order valence-electron chi connectivity index (χ0n) is 13.3. The highest BCUT2D eigenvalue weighted by molar-refractivity contribution is 6.42. The number of hydrogen-bond acceptors (Lipinski definition) is 3. The Morgan fingerprint density at radius 2 is 2.04 bits per heavy atom. The van der Waals surface area contributed by atoms with E-state index in [1.807, 2.05) is 0 Å². The Hall–Kier alpha value is -1.11. The highest BCUT2D eigenvalue weighted by atomic mass is 35.5. The summed E-state index contributed by atoms with van der Waals surface area (Å²) < 4.78 is 30.3. The van der Waals surface area contributed by atoms with Gasteiger partial charge in [-0.3, -0.25) is 9.69 Å². The third-order valence-electron chi connectivity index (χ3n) is 3.92. The molecule has 0 aliphatic carbocycles. The number of nitrogens with one attached hydrogen (secondary N) is 1. The summed E-state index contributed by atoms with van der Waals surface area (Å²) in [4.78, 5) is 13.9. The molecule has 2 rings (SSSR count). The van der Waals surface area contributed by atoms with Gasteiger partial charge in [0.1, 0.15) is 10.8 Å². The Bertz CT molecular complexity index is 567. The monoisotopic (exact) mass is 380 g/mol. The molecule has 1 heterocycles. The van der Waals surface area contributed by atoms with E-state index in [1.165, 1.54) is 0 Å². The minimum absolute atomic E-state index is 0.0349. The van der Waals surface area contributed by atoms with Gasteiger partial charge < -0.3 is 10.1 Å². The van der Waals surface area contributed by atoms with Gasteiger partial charge >= 0.3 is 0 Å². The number of likely N-dealkylation sites (tertiary alicyclic amines) is 1. The third-order valence-corrected chi connectivity index (χ3v) is 4.72. The lowest BCUT2D eigenvalue weighted by Crippen LogP contribution is -2.48. The minimum Gasteiger partial charge on any atom is -0.479 e. The van der Waals surface area contributed by atoms with Crippen LogP contribution in [0.3, 0.4) is 0 Å². The first-order chi connectivity index (χ1) is 11.4. The second-order valence-electron chi connectivity index (χ2n) is 5.79. The van der Waals surface area contributed by atoms with E-state index in [2.05, 4.69) is 5.32 Å². The molecule has 0 radical (unpaired) electrons. The molecule has 1 aromatic carbocycles. The highest BCUT2D eigenvalue weighted by Crippen LogP contribution is 2.32. The summed E-state index contributed by atoms with van der Waals surface area (Å²) in [5.41, 5.74) is 0. The Morgan fingerprint density at radius 3 is 2.67 bits per heavy atom. The van der Waals surface area contributed by atoms with Crippen molar-refractivity contribution in [2.24, 2.45) is 0 Å². The number of ether oxygens (including phenoxy) is 1. The van der Waals surface area contributed by atoms with E-state index < -0.39 is 12.5 Å². The standard InChI is InChI=1S/C16H20Cl2F2N2O2/c1-10(24-13-4-2-3-12(17)15(13)18)16(23)21-11-5-7-22(8-6-11)9-14(19)20/h2-4,10-11,14H,5-9H2,1H3,(H,21,23)/t10-/m0/s1. The van der Waals surface area contributed by atoms with Gasteiger partial charge in [0.05, 0.1) is 11.6 Å². The Morgan fingerprint density at radius 1 is 1.38 bits per heavy atom. The van der Waals surface area contributed by atoms with Crippen LogP contribution in [0, 0.1) is 0 Å². The van der Waals surface area contributed by atoms with Crippen LogP contribution >= 0.6 is 23.2 Å². The number of carbonyl (C=O) groups is 1. The lowest BCUT2D eigenvalue weighted by molar-refractivity contribution is -0.128. The van der Waals surface area contributed by atoms with Crippen molar-refractivity contribution in [1.29, 1.82) is 0 Å². The molecule has 0 spiro atoms. The Kier molecular flexibility index (Phi) is 7.07. The van der Waals surface area contributed by atoms with Gasteiger partial charge in [0.2, 0.25) is 0 Å². The average molecular weight is 381 g/mol. The van der Waals surface area contributed by atoms with E-state index in [-0.39, 0.29) is 23.5 Å². The smallest absolute Gasteiger partial charge is 0.260 e. The molecule has 1 amide bonds. The van der Waals surface area contributed by atoms with Crippen LogP contribution in [-0.2, 0) is 4.79 Å². The molecule has 1 fully saturated rings. The highest BCUT2D eigenvalue weighted by Gasteiger charge is 2.25. The zero-order valence-corrected chi connectivity index (χ0v) is 14.8. The Labute approximate surface area is 150 Å². The molecule has 0 aromatic heterocycles. The van der Waals surface area contributed by atoms with Crippen molar-refractivity contribution >= 4 is 29.1 Å². The fourth-order valence-corrected chi connectivity index (χ4v) is 2.93. The summed E-state index contributed by atoms with van der Waals surface area (Å²) in [6.07, 6.45) is -1.78. The SMILES string of the molecule is C[C@H](Oc1cccc(Cl)c1Cl)C(=O)NC1CCN(CC(F)F)CC1. The molecular formula is C16H20Cl2F2N2O2. The van der Waals surface area contributed by atoms with E-state index in [1.54, 1.807) is 30.0 Å². The molecule has 1 aliphatic heterocycles. The van der Waals surface area contributed by atoms with Crippen LogP contribution < -0.4 is 10.1 Å². The number of hydrogen-bond donors (Lipinski definition) is 1. The zero-order chi connectivity index (χ0) is 17.7. The molecule has 0 saturated carbocycles. The van der Waals surface area contributed by atoms with Crippen molar-refractivity contribution in [3.05, 3.63) is 28.2 Å². The minimum atomic E-state index is -2.33. The summed E-state index contributed by atoms with van der Waals surface area (Å²) >= 11 is 11.9. The average Bonchev–Trinajstić information content (AvgIpc) is 2.53. The summed E-state index contributed by atoms with van der Waals surface area (Å²) in [6, 6.07) is 4.93. The predicted octanol–water partition coefficient (Wildman–Crippen LogP) is 3.61. The van der Waals surface area contributed by atoms with Crippen LogP contribution in [0.4, 0.5) is 8.78 Å². The number of benzene rings is 1. The maximum atomic E-state index is 12.4. The van der Waals surface area contributed by atoms with Crippen LogP contribution in [-0.4, -0.2) is 49.0 Å². The first kappa shape index (κ1) is 19.2. The maximum Gasteiger partial charge on any atom is 0.260 e. The van der Waals surface area contributed by atoms with Gasteiger partial charge in [-0.2, -0.15) is 0 Å². The first-order valence-electron chi connectivity index (χ1n) is 7.78. The molecule has 1 N–H and O–H groups in total. The molecule has 1 atom stereocenters. The second kappa shape index (κ2) is 8.83. The van der Waals surface area contributed by atoms with Crippen LogP contribution in [0.5, 0.6) is 5.75 Å². The fourth-order valence-electron chi connectivity index (χ4n) is 2.59. The van der Waals surface area contributed by atoms with Crippen molar-refractivity contribution < 1.29 is 18.3 Å². The number of amides is 1. The predicted molar refractivity (Wildman–Crippen MR) is 90.2 cm³/mol. The number of carbonyl (C=O) groups excluding carboxylic acids is 1. The van der Waals surface area contributed by atoms with Gasteiger partial charge in [0.15, 0.2) is 6.10 Å². The van der Waals surface area contributed by atoms with Crippen LogP contribution in [0.1, 0.15) is 19.8 Å². The van der Waals surface area contributed by atoms with Crippen LogP contribution in [0.2, 0.25) is 10.0 Å². The number of halogens is 4. The number of rotatable bonds is 6. The molecule has 1 aliphatic rings. The molecule has 1 aromatic rings. The van der Waals surface area contributed by atoms with Crippen molar-refractivity contribution in [2.45, 2.75) is 38.3 Å². The third kappa shape index (κ3) is 5.46. The van der Waals surface area contributed by atoms with E-state index in [9.17, 15) is 13.6 Å². The summed E-state index contributed by atoms with van der Waals surface area (Å²) in [6.45, 7) is 2.50. The van der Waals surface area contributed by atoms with Crippen molar-refractivity contribution in [3.63, 3.8) is 0 Å². The van der Waals surface area contributed by atoms with Gasteiger partial charge in [0.25, 0.3) is 12.3 Å². The van der Waals surface area contributed by atoms with Gasteiger partial charge in [-0.25, -0.2) is 8.78 Å². The normalized spacial score (nSPS) is 17.8. The topological polar surface area (TPSA) is 41.6 Å². The van der Waals surface area contributed by atoms with Crippen LogP contribution in [0.25, 0.3) is 0 Å². The number of nitrogens with zero attached hydrogens (tertiary/aromatic N) is 1. The summed E-state index contributed by atoms with van der Waals surface area (Å²) in [5.74, 6) is 0.0805. The molecule has 0 unspecified atom stereocenters. The van der Waals surface area contributed by atoms with Gasteiger partial charge in [-0.1, -0.05) is 29.3 Å². The van der Waals surface area contributed by atoms with E-state index in [0.717, 1.165) is 0 Å². The molecule has 1 saturated heterocycles. The lowest BCUT2D eigenvalue weighted by atomic mass is 10.0. The summed E-state index contributed by atoms with van der Waals surface area (Å²) in [5, 5.41) is 3.51. The molecule has 24 heavy (non-hydrogen) atoms. The number of alkyl halides is 2. The lowest BCUT2D eigenvalue weighted by Gasteiger charge is -2.32. The van der Waals surface area contributed by atoms with E-state index in [0.29, 0.717) is 36.7 Å². The van der Waals surface area contributed by atoms with E-state index in [4.69, 9.17) is 27.9 Å². The second-order valence-corrected chi connectivity index (χ2v) is 6.57. The van der Waals surface area contributed by atoms with Crippen molar-refractivity contribution in [1.82, 2.24) is 10.2 Å². The van der Waals surface area contributed by atoms with Crippen molar-refractivity contribution in [3.8, 4) is 5.75 Å². The number of piperidine rings is 1. The quantitative estimate of drug-likeness (QED) is 0.819. The Balaban J connectivity index is 1.81. The molecule has 0 bridgehead atoms. The van der Waals surface area contributed by atoms with Gasteiger partial charge in [0, 0.05) is 19.1 Å². The molecule has 134 valence electrons. The van der Waals surface area contributed by atoms with E-state index >= 15 is 0 Å². The fraction of sp³-hybridized carbons (Fsp3) is 0.562. The summed E-state index contributed by atoms with van der Waals surface area (Å²) in [7, 11) is 0. The molecular weight excluding hydrogens is 361 g/mol. The van der Waals surface area contributed by atoms with Crippen molar-refractivity contribution in [2.75, 3.05) is 19.6 Å². The maximum absolute atomic E-state index is 12.4. The van der Waals surface area contributed by atoms with Crippen LogP contribution in [0.15, 0.2) is 18.2 Å². The largest absolute Gasteiger partial charge is 0.479 e. The van der Waals surface area contributed by atoms with Gasteiger partial charge in [-0.05, 0) is 31.9 Å². The van der Waals surface area contributed by atoms with Gasteiger partial charge in [-0.15, -0.1) is 0 Å². The first-order valence-corrected chi connectivity index (χ1v) is 8.54. The molecule has 4 nitrogen and oxygen atoms in total. The molecule has 8 heteroatoms.